The van der Waals surface area contributed by atoms with Gasteiger partial charge in [-0.2, -0.15) is 5.10 Å². The van der Waals surface area contributed by atoms with Crippen LogP contribution in [0.5, 0.6) is 0 Å². The number of nitrogens with zero attached hydrogens (tertiary/aromatic N) is 2. The number of H-pyrrole nitrogens is 1. The van der Waals surface area contributed by atoms with E-state index in [-0.39, 0.29) is 0 Å². The molecule has 1 aromatic rings. The zero-order valence-electron chi connectivity index (χ0n) is 6.28. The first-order valence-corrected chi connectivity index (χ1v) is 3.74. The van der Waals surface area contributed by atoms with Crippen molar-refractivity contribution >= 4 is 18.2 Å². The zero-order valence-corrected chi connectivity index (χ0v) is 7.10. The smallest absolute Gasteiger partial charge is 0.312 e. The lowest BCUT2D eigenvalue weighted by molar-refractivity contribution is 0.248. The number of carbonyl (C=O) groups excluding carboxylic acids is 1. The van der Waals surface area contributed by atoms with Gasteiger partial charge in [0.1, 0.15) is 6.33 Å². The molecule has 4 N–H and O–H groups in total. The van der Waals surface area contributed by atoms with Crippen LogP contribution in [0.1, 0.15) is 0 Å². The Kier molecular flexibility index (Phi) is 2.81. The van der Waals surface area contributed by atoms with E-state index in [1.807, 2.05) is 0 Å². The Morgan fingerprint density at radius 2 is 2.67 bits per heavy atom. The molecule has 0 aliphatic heterocycles. The second kappa shape index (κ2) is 3.86. The van der Waals surface area contributed by atoms with Crippen LogP contribution < -0.4 is 11.1 Å². The van der Waals surface area contributed by atoms with Crippen LogP contribution in [0.2, 0.25) is 0 Å². The van der Waals surface area contributed by atoms with Gasteiger partial charge in [-0.25, -0.2) is 4.79 Å². The highest BCUT2D eigenvalue weighted by molar-refractivity contribution is 7.71. The minimum absolute atomic E-state index is 0.448. The van der Waals surface area contributed by atoms with Crippen LogP contribution in [0.3, 0.4) is 0 Å². The number of rotatable bonds is 3. The molecule has 1 aromatic heterocycles. The number of amides is 2. The third-order valence-electron chi connectivity index (χ3n) is 1.27. The number of nitrogens with two attached hydrogens (primary N) is 1. The average molecular weight is 187 g/mol. The van der Waals surface area contributed by atoms with E-state index in [1.54, 1.807) is 10.9 Å². The van der Waals surface area contributed by atoms with Crippen molar-refractivity contribution in [2.24, 2.45) is 5.73 Å². The Morgan fingerprint density at radius 3 is 3.17 bits per heavy atom. The summed E-state index contributed by atoms with van der Waals surface area (Å²) in [6.07, 6.45) is 1.56. The SMILES string of the molecule is NC(=O)NCCn1cn[nH]c1=S. The van der Waals surface area contributed by atoms with Gasteiger partial charge in [-0.05, 0) is 12.2 Å². The van der Waals surface area contributed by atoms with E-state index in [4.69, 9.17) is 18.0 Å². The van der Waals surface area contributed by atoms with Gasteiger partial charge in [0.25, 0.3) is 0 Å². The molecule has 1 rings (SSSR count). The van der Waals surface area contributed by atoms with Crippen LogP contribution in [0.25, 0.3) is 0 Å². The number of aromatic nitrogens is 3. The molecule has 0 aromatic carbocycles. The molecule has 0 radical (unpaired) electrons. The monoisotopic (exact) mass is 187 g/mol. The Balaban J connectivity index is 2.39. The lowest BCUT2D eigenvalue weighted by Gasteiger charge is -2.00. The van der Waals surface area contributed by atoms with Gasteiger partial charge in [0.15, 0.2) is 4.77 Å². The van der Waals surface area contributed by atoms with Crippen LogP contribution in [0.15, 0.2) is 6.33 Å². The fourth-order valence-electron chi connectivity index (χ4n) is 0.729. The third-order valence-corrected chi connectivity index (χ3v) is 1.60. The van der Waals surface area contributed by atoms with E-state index in [0.29, 0.717) is 17.9 Å². The van der Waals surface area contributed by atoms with Crippen molar-refractivity contribution in [3.63, 3.8) is 0 Å². The summed E-state index contributed by atoms with van der Waals surface area (Å²) in [5, 5.41) is 8.74. The molecular weight excluding hydrogens is 178 g/mol. The highest BCUT2D eigenvalue weighted by Crippen LogP contribution is 1.84. The van der Waals surface area contributed by atoms with Crippen LogP contribution in [-0.4, -0.2) is 27.3 Å². The zero-order chi connectivity index (χ0) is 8.97. The highest BCUT2D eigenvalue weighted by atomic mass is 32.1. The van der Waals surface area contributed by atoms with Crippen molar-refractivity contribution in [1.82, 2.24) is 20.1 Å². The highest BCUT2D eigenvalue weighted by Gasteiger charge is 1.94. The molecule has 12 heavy (non-hydrogen) atoms. The lowest BCUT2D eigenvalue weighted by Crippen LogP contribution is -2.31. The fourth-order valence-corrected chi connectivity index (χ4v) is 0.920. The summed E-state index contributed by atoms with van der Waals surface area (Å²) in [4.78, 5) is 10.3. The van der Waals surface area contributed by atoms with Gasteiger partial charge in [-0.1, -0.05) is 0 Å². The minimum atomic E-state index is -0.537. The number of hydrogen-bond donors (Lipinski definition) is 3. The molecule has 0 aliphatic rings. The maximum absolute atomic E-state index is 10.3. The Labute approximate surface area is 73.8 Å². The molecule has 0 unspecified atom stereocenters. The van der Waals surface area contributed by atoms with E-state index in [0.717, 1.165) is 0 Å². The maximum atomic E-state index is 10.3. The summed E-state index contributed by atoms with van der Waals surface area (Å²) < 4.78 is 2.23. The van der Waals surface area contributed by atoms with E-state index in [9.17, 15) is 4.79 Å². The number of primary amides is 1. The second-order valence-electron chi connectivity index (χ2n) is 2.15. The summed E-state index contributed by atoms with van der Waals surface area (Å²) in [5.41, 5.74) is 4.86. The molecule has 0 fully saturated rings. The maximum Gasteiger partial charge on any atom is 0.312 e. The van der Waals surface area contributed by atoms with Gasteiger partial charge in [-0.15, -0.1) is 0 Å². The van der Waals surface area contributed by atoms with Gasteiger partial charge in [0.2, 0.25) is 0 Å². The average Bonchev–Trinajstić information content (AvgIpc) is 2.36. The molecule has 0 bridgehead atoms. The van der Waals surface area contributed by atoms with Crippen molar-refractivity contribution < 1.29 is 4.79 Å². The quantitative estimate of drug-likeness (QED) is 0.563. The van der Waals surface area contributed by atoms with Crippen molar-refractivity contribution in [3.05, 3.63) is 11.1 Å². The molecule has 0 aliphatic carbocycles. The number of aromatic amines is 1. The number of urea groups is 1. The van der Waals surface area contributed by atoms with Gasteiger partial charge < -0.3 is 15.6 Å². The molecule has 2 amide bonds. The van der Waals surface area contributed by atoms with Crippen LogP contribution in [0, 0.1) is 4.77 Å². The molecule has 6 nitrogen and oxygen atoms in total. The first-order chi connectivity index (χ1) is 5.70. The first kappa shape index (κ1) is 8.72. The first-order valence-electron chi connectivity index (χ1n) is 3.33. The van der Waals surface area contributed by atoms with Crippen molar-refractivity contribution in [1.29, 1.82) is 0 Å². The molecule has 1 heterocycles. The molecule has 0 saturated heterocycles. The minimum Gasteiger partial charge on any atom is -0.352 e. The lowest BCUT2D eigenvalue weighted by atomic mass is 10.6. The van der Waals surface area contributed by atoms with Crippen LogP contribution in [0.4, 0.5) is 4.79 Å². The fraction of sp³-hybridized carbons (Fsp3) is 0.400. The second-order valence-corrected chi connectivity index (χ2v) is 2.53. The Bertz CT molecular complexity index is 316. The summed E-state index contributed by atoms with van der Waals surface area (Å²) in [6, 6.07) is -0.537. The van der Waals surface area contributed by atoms with Gasteiger partial charge in [0, 0.05) is 13.1 Å². The predicted octanol–water partition coefficient (Wildman–Crippen LogP) is -0.391. The van der Waals surface area contributed by atoms with E-state index in [2.05, 4.69) is 15.5 Å². The summed E-state index contributed by atoms with van der Waals surface area (Å²) >= 11 is 4.87. The number of carbonyl (C=O) groups is 1. The third kappa shape index (κ3) is 2.35. The Hall–Kier alpha value is -1.37. The van der Waals surface area contributed by atoms with Crippen molar-refractivity contribution in [2.75, 3.05) is 6.54 Å². The number of nitrogens with one attached hydrogen (secondary N) is 2. The van der Waals surface area contributed by atoms with Crippen LogP contribution in [-0.2, 0) is 6.54 Å². The van der Waals surface area contributed by atoms with Crippen LogP contribution >= 0.6 is 12.2 Å². The summed E-state index contributed by atoms with van der Waals surface area (Å²) in [5.74, 6) is 0. The Morgan fingerprint density at radius 1 is 1.92 bits per heavy atom. The molecule has 0 spiro atoms. The van der Waals surface area contributed by atoms with E-state index < -0.39 is 6.03 Å². The van der Waals surface area contributed by atoms with E-state index in [1.165, 1.54) is 0 Å². The standard InChI is InChI=1S/C5H9N5OS/c6-4(11)7-1-2-10-3-8-9-5(10)12/h3H,1-2H2,(H,9,12)(H3,6,7,11). The van der Waals surface area contributed by atoms with Crippen molar-refractivity contribution in [2.45, 2.75) is 6.54 Å². The van der Waals surface area contributed by atoms with Crippen molar-refractivity contribution in [3.8, 4) is 0 Å². The molecular formula is C5H9N5OS. The molecule has 7 heteroatoms. The number of hydrogen-bond acceptors (Lipinski definition) is 3. The van der Waals surface area contributed by atoms with Gasteiger partial charge >= 0.3 is 6.03 Å². The van der Waals surface area contributed by atoms with Gasteiger partial charge in [-0.3, -0.25) is 5.10 Å². The largest absolute Gasteiger partial charge is 0.352 e. The predicted molar refractivity (Wildman–Crippen MR) is 45.0 cm³/mol. The summed E-state index contributed by atoms with van der Waals surface area (Å²) in [7, 11) is 0. The topological polar surface area (TPSA) is 88.7 Å². The molecule has 66 valence electrons. The molecule has 0 atom stereocenters. The molecule has 0 saturated carbocycles. The van der Waals surface area contributed by atoms with Gasteiger partial charge in [0.05, 0.1) is 0 Å². The normalized spacial score (nSPS) is 9.67. The summed E-state index contributed by atoms with van der Waals surface area (Å²) in [6.45, 7) is 1.02. The van der Waals surface area contributed by atoms with E-state index >= 15 is 0 Å².